The molecule has 1 atom stereocenters. The smallest absolute Gasteiger partial charge is 0.314 e. The van der Waals surface area contributed by atoms with Crippen molar-refractivity contribution < 1.29 is 19.7 Å². The summed E-state index contributed by atoms with van der Waals surface area (Å²) in [5, 5.41) is 23.7. The number of nitro groups is 1. The molecule has 0 amide bonds. The van der Waals surface area contributed by atoms with E-state index in [2.05, 4.69) is 5.16 Å². The number of oxime groups is 1. The maximum absolute atomic E-state index is 10.9. The van der Waals surface area contributed by atoms with Crippen molar-refractivity contribution >= 4 is 17.4 Å². The van der Waals surface area contributed by atoms with Gasteiger partial charge in [-0.15, -0.1) is 0 Å². The van der Waals surface area contributed by atoms with E-state index in [1.165, 1.54) is 12.1 Å². The standard InChI is InChI=1S/C13H14N2O5/c16-13(17)9-4-3-5-10(8-9)14-20-12-7-2-1-6-11(12)15(18)19/h1-2,6-7,9H,3-5,8H2,(H,16,17)/b14-10+. The zero-order valence-electron chi connectivity index (χ0n) is 10.7. The first-order valence-electron chi connectivity index (χ1n) is 6.27. The molecule has 1 N–H and O–H groups in total. The Labute approximate surface area is 115 Å². The minimum absolute atomic E-state index is 0.0578. The van der Waals surface area contributed by atoms with Gasteiger partial charge in [-0.2, -0.15) is 0 Å². The lowest BCUT2D eigenvalue weighted by Gasteiger charge is -2.18. The second-order valence-corrected chi connectivity index (χ2v) is 4.61. The molecule has 0 bridgehead atoms. The minimum atomic E-state index is -0.844. The summed E-state index contributed by atoms with van der Waals surface area (Å²) in [4.78, 5) is 26.3. The highest BCUT2D eigenvalue weighted by atomic mass is 16.6. The van der Waals surface area contributed by atoms with Gasteiger partial charge >= 0.3 is 11.7 Å². The van der Waals surface area contributed by atoms with E-state index in [0.717, 1.165) is 6.42 Å². The van der Waals surface area contributed by atoms with E-state index in [9.17, 15) is 14.9 Å². The lowest BCUT2D eigenvalue weighted by molar-refractivity contribution is -0.385. The summed E-state index contributed by atoms with van der Waals surface area (Å²) in [7, 11) is 0. The molecule has 2 rings (SSSR count). The third kappa shape index (κ3) is 3.31. The quantitative estimate of drug-likeness (QED) is 0.673. The second-order valence-electron chi connectivity index (χ2n) is 4.61. The number of nitro benzene ring substituents is 1. The van der Waals surface area contributed by atoms with Crippen molar-refractivity contribution in [2.45, 2.75) is 25.7 Å². The number of carboxylic acids is 1. The van der Waals surface area contributed by atoms with Crippen LogP contribution in [0.4, 0.5) is 5.69 Å². The topological polar surface area (TPSA) is 102 Å². The van der Waals surface area contributed by atoms with Gasteiger partial charge in [0.1, 0.15) is 0 Å². The van der Waals surface area contributed by atoms with Gasteiger partial charge in [0.05, 0.1) is 16.6 Å². The maximum atomic E-state index is 10.9. The SMILES string of the molecule is O=C(O)C1CCC/C(=N\Oc2ccccc2[N+](=O)[O-])C1. The molecule has 106 valence electrons. The van der Waals surface area contributed by atoms with Crippen LogP contribution in [0.2, 0.25) is 0 Å². The van der Waals surface area contributed by atoms with Crippen molar-refractivity contribution in [2.24, 2.45) is 11.1 Å². The Bertz CT molecular complexity index is 555. The van der Waals surface area contributed by atoms with E-state index in [1.807, 2.05) is 0 Å². The molecule has 7 heteroatoms. The highest BCUT2D eigenvalue weighted by Crippen LogP contribution is 2.27. The van der Waals surface area contributed by atoms with Crippen LogP contribution in [0.25, 0.3) is 0 Å². The summed E-state index contributed by atoms with van der Waals surface area (Å²) in [6.45, 7) is 0. The van der Waals surface area contributed by atoms with E-state index in [4.69, 9.17) is 9.94 Å². The highest BCUT2D eigenvalue weighted by molar-refractivity contribution is 5.89. The summed E-state index contributed by atoms with van der Waals surface area (Å²) in [6, 6.07) is 5.94. The van der Waals surface area contributed by atoms with Crippen molar-refractivity contribution in [3.05, 3.63) is 34.4 Å². The van der Waals surface area contributed by atoms with Crippen LogP contribution in [0.5, 0.6) is 5.75 Å². The number of carbonyl (C=O) groups is 1. The van der Waals surface area contributed by atoms with Gasteiger partial charge in [-0.25, -0.2) is 0 Å². The second kappa shape index (κ2) is 6.14. The molecule has 1 saturated carbocycles. The fraction of sp³-hybridized carbons (Fsp3) is 0.385. The molecular formula is C13H14N2O5. The van der Waals surface area contributed by atoms with Gasteiger partial charge in [-0.05, 0) is 25.3 Å². The third-order valence-electron chi connectivity index (χ3n) is 3.18. The lowest BCUT2D eigenvalue weighted by atomic mass is 9.88. The number of rotatable bonds is 4. The van der Waals surface area contributed by atoms with Gasteiger partial charge in [0.25, 0.3) is 0 Å². The zero-order chi connectivity index (χ0) is 14.5. The molecule has 0 saturated heterocycles. The Morgan fingerprint density at radius 3 is 2.90 bits per heavy atom. The molecule has 1 aromatic carbocycles. The van der Waals surface area contributed by atoms with Gasteiger partial charge in [-0.1, -0.05) is 17.3 Å². The van der Waals surface area contributed by atoms with Gasteiger partial charge in [0.2, 0.25) is 5.75 Å². The summed E-state index contributed by atoms with van der Waals surface area (Å²) in [6.07, 6.45) is 2.34. The molecule has 0 radical (unpaired) electrons. The molecule has 1 unspecified atom stereocenters. The van der Waals surface area contributed by atoms with E-state index in [0.29, 0.717) is 25.0 Å². The van der Waals surface area contributed by atoms with E-state index >= 15 is 0 Å². The van der Waals surface area contributed by atoms with Crippen LogP contribution in [-0.2, 0) is 4.79 Å². The molecule has 7 nitrogen and oxygen atoms in total. The number of nitrogens with zero attached hydrogens (tertiary/aromatic N) is 2. The number of benzene rings is 1. The average molecular weight is 278 g/mol. The fourth-order valence-corrected chi connectivity index (χ4v) is 2.13. The average Bonchev–Trinajstić information content (AvgIpc) is 2.45. The number of hydrogen-bond acceptors (Lipinski definition) is 5. The summed E-state index contributed by atoms with van der Waals surface area (Å²) < 4.78 is 0. The van der Waals surface area contributed by atoms with Crippen molar-refractivity contribution in [1.82, 2.24) is 0 Å². The predicted octanol–water partition coefficient (Wildman–Crippen LogP) is 2.60. The van der Waals surface area contributed by atoms with Crippen molar-refractivity contribution in [3.8, 4) is 5.75 Å². The molecule has 0 aliphatic heterocycles. The Morgan fingerprint density at radius 1 is 1.45 bits per heavy atom. The Hall–Kier alpha value is -2.44. The van der Waals surface area contributed by atoms with Crippen LogP contribution in [0.15, 0.2) is 29.4 Å². The third-order valence-corrected chi connectivity index (χ3v) is 3.18. The molecule has 1 fully saturated rings. The van der Waals surface area contributed by atoms with Crippen molar-refractivity contribution in [2.75, 3.05) is 0 Å². The van der Waals surface area contributed by atoms with Gasteiger partial charge < -0.3 is 9.94 Å². The van der Waals surface area contributed by atoms with E-state index in [1.54, 1.807) is 12.1 Å². The molecule has 0 heterocycles. The first-order valence-corrected chi connectivity index (χ1v) is 6.27. The van der Waals surface area contributed by atoms with Gasteiger partial charge in [0.15, 0.2) is 0 Å². The maximum Gasteiger partial charge on any atom is 0.314 e. The first-order chi connectivity index (χ1) is 9.58. The van der Waals surface area contributed by atoms with Crippen LogP contribution in [0.3, 0.4) is 0 Å². The van der Waals surface area contributed by atoms with Gasteiger partial charge in [0, 0.05) is 12.5 Å². The number of hydrogen-bond donors (Lipinski definition) is 1. The number of para-hydroxylation sites is 2. The monoisotopic (exact) mass is 278 g/mol. The Balaban J connectivity index is 2.09. The van der Waals surface area contributed by atoms with Crippen LogP contribution >= 0.6 is 0 Å². The molecule has 1 aromatic rings. The summed E-state index contributed by atoms with van der Waals surface area (Å²) in [5.74, 6) is -1.23. The first kappa shape index (κ1) is 14.0. The van der Waals surface area contributed by atoms with Crippen molar-refractivity contribution in [3.63, 3.8) is 0 Å². The molecule has 1 aliphatic rings. The lowest BCUT2D eigenvalue weighted by Crippen LogP contribution is -2.22. The zero-order valence-corrected chi connectivity index (χ0v) is 10.7. The normalized spacial score (nSPS) is 20.6. The minimum Gasteiger partial charge on any atom is -0.481 e. The predicted molar refractivity (Wildman–Crippen MR) is 70.8 cm³/mol. The van der Waals surface area contributed by atoms with Crippen LogP contribution in [0, 0.1) is 16.0 Å². The Morgan fingerprint density at radius 2 is 2.20 bits per heavy atom. The van der Waals surface area contributed by atoms with E-state index < -0.39 is 16.8 Å². The summed E-state index contributed by atoms with van der Waals surface area (Å²) in [5.41, 5.74) is 0.462. The highest BCUT2D eigenvalue weighted by Gasteiger charge is 2.24. The number of carboxylic acid groups (broad SMARTS) is 1. The van der Waals surface area contributed by atoms with Crippen LogP contribution < -0.4 is 4.84 Å². The largest absolute Gasteiger partial charge is 0.481 e. The van der Waals surface area contributed by atoms with Crippen molar-refractivity contribution in [1.29, 1.82) is 0 Å². The van der Waals surface area contributed by atoms with Gasteiger partial charge in [-0.3, -0.25) is 14.9 Å². The Kier molecular flexibility index (Phi) is 4.29. The molecule has 0 spiro atoms. The van der Waals surface area contributed by atoms with Crippen LogP contribution in [-0.4, -0.2) is 21.7 Å². The van der Waals surface area contributed by atoms with E-state index in [-0.39, 0.29) is 11.4 Å². The molecule has 20 heavy (non-hydrogen) atoms. The number of aliphatic carboxylic acids is 1. The fourth-order valence-electron chi connectivity index (χ4n) is 2.13. The molecule has 0 aromatic heterocycles. The van der Waals surface area contributed by atoms with Crippen LogP contribution in [0.1, 0.15) is 25.7 Å². The summed E-state index contributed by atoms with van der Waals surface area (Å²) >= 11 is 0. The molecular weight excluding hydrogens is 264 g/mol. The molecule has 1 aliphatic carbocycles.